The summed E-state index contributed by atoms with van der Waals surface area (Å²) in [5, 5.41) is 0. The Bertz CT molecular complexity index is 856. The SMILES string of the molecule is CC(=O)CCc1ccccc1OCc1cccc(Oc2ccccc2)c1. The van der Waals surface area contributed by atoms with Crippen LogP contribution in [-0.4, -0.2) is 5.78 Å². The van der Waals surface area contributed by atoms with E-state index in [1.54, 1.807) is 6.92 Å². The van der Waals surface area contributed by atoms with Crippen LogP contribution in [0.3, 0.4) is 0 Å². The van der Waals surface area contributed by atoms with E-state index in [1.807, 2.05) is 78.9 Å². The second-order valence-electron chi connectivity index (χ2n) is 6.16. The first kappa shape index (κ1) is 17.7. The number of aryl methyl sites for hydroxylation is 1. The minimum absolute atomic E-state index is 0.186. The van der Waals surface area contributed by atoms with Gasteiger partial charge in [0.2, 0.25) is 0 Å². The highest BCUT2D eigenvalue weighted by molar-refractivity contribution is 5.75. The number of carbonyl (C=O) groups excluding carboxylic acids is 1. The zero-order valence-electron chi connectivity index (χ0n) is 14.9. The van der Waals surface area contributed by atoms with Gasteiger partial charge in [-0.05, 0) is 54.8 Å². The topological polar surface area (TPSA) is 35.5 Å². The van der Waals surface area contributed by atoms with E-state index in [0.29, 0.717) is 19.4 Å². The predicted octanol–water partition coefficient (Wildman–Crippen LogP) is 5.58. The van der Waals surface area contributed by atoms with Crippen molar-refractivity contribution >= 4 is 5.78 Å². The maximum Gasteiger partial charge on any atom is 0.130 e. The second kappa shape index (κ2) is 8.86. The van der Waals surface area contributed by atoms with Crippen molar-refractivity contribution in [3.05, 3.63) is 90.0 Å². The Morgan fingerprint density at radius 3 is 2.38 bits per heavy atom. The molecule has 0 spiro atoms. The minimum Gasteiger partial charge on any atom is -0.489 e. The van der Waals surface area contributed by atoms with Crippen LogP contribution < -0.4 is 9.47 Å². The number of hydrogen-bond donors (Lipinski definition) is 0. The van der Waals surface area contributed by atoms with Gasteiger partial charge in [-0.25, -0.2) is 0 Å². The molecular formula is C23H22O3. The van der Waals surface area contributed by atoms with Gasteiger partial charge in [0.1, 0.15) is 29.6 Å². The molecule has 0 radical (unpaired) electrons. The first-order chi connectivity index (χ1) is 12.7. The molecule has 0 aliphatic rings. The first-order valence-corrected chi connectivity index (χ1v) is 8.73. The largest absolute Gasteiger partial charge is 0.489 e. The number of carbonyl (C=O) groups is 1. The fourth-order valence-corrected chi connectivity index (χ4v) is 2.65. The Morgan fingerprint density at radius 1 is 0.846 bits per heavy atom. The zero-order chi connectivity index (χ0) is 18.2. The molecule has 3 aromatic carbocycles. The van der Waals surface area contributed by atoms with E-state index in [2.05, 4.69) is 0 Å². The molecule has 3 heteroatoms. The van der Waals surface area contributed by atoms with Gasteiger partial charge in [-0.3, -0.25) is 0 Å². The summed E-state index contributed by atoms with van der Waals surface area (Å²) in [5.74, 6) is 2.59. The average Bonchev–Trinajstić information content (AvgIpc) is 2.66. The fraction of sp³-hybridized carbons (Fsp3) is 0.174. The summed E-state index contributed by atoms with van der Waals surface area (Å²) < 4.78 is 11.9. The van der Waals surface area contributed by atoms with Crippen LogP contribution >= 0.6 is 0 Å². The minimum atomic E-state index is 0.186. The molecule has 0 aliphatic carbocycles. The smallest absolute Gasteiger partial charge is 0.130 e. The number of para-hydroxylation sites is 2. The molecule has 26 heavy (non-hydrogen) atoms. The number of benzene rings is 3. The molecule has 0 atom stereocenters. The Morgan fingerprint density at radius 2 is 1.58 bits per heavy atom. The van der Waals surface area contributed by atoms with E-state index < -0.39 is 0 Å². The third kappa shape index (κ3) is 5.21. The zero-order valence-corrected chi connectivity index (χ0v) is 14.9. The summed E-state index contributed by atoms with van der Waals surface area (Å²) in [7, 11) is 0. The number of Topliss-reactive ketones (excluding diaryl/α,β-unsaturated/α-hetero) is 1. The Labute approximate surface area is 154 Å². The second-order valence-corrected chi connectivity index (χ2v) is 6.16. The van der Waals surface area contributed by atoms with Gasteiger partial charge in [0.25, 0.3) is 0 Å². The van der Waals surface area contributed by atoms with Crippen LogP contribution in [0.5, 0.6) is 17.2 Å². The summed E-state index contributed by atoms with van der Waals surface area (Å²) in [5.41, 5.74) is 2.08. The highest BCUT2D eigenvalue weighted by Crippen LogP contribution is 2.24. The lowest BCUT2D eigenvalue weighted by molar-refractivity contribution is -0.116. The molecule has 0 bridgehead atoms. The molecule has 0 N–H and O–H groups in total. The van der Waals surface area contributed by atoms with Crippen molar-refractivity contribution in [2.24, 2.45) is 0 Å². The normalized spacial score (nSPS) is 10.3. The monoisotopic (exact) mass is 346 g/mol. The number of ketones is 1. The van der Waals surface area contributed by atoms with Gasteiger partial charge < -0.3 is 14.3 Å². The van der Waals surface area contributed by atoms with Crippen molar-refractivity contribution in [1.82, 2.24) is 0 Å². The van der Waals surface area contributed by atoms with Gasteiger partial charge in [0.05, 0.1) is 0 Å². The third-order valence-electron chi connectivity index (χ3n) is 3.99. The van der Waals surface area contributed by atoms with Crippen molar-refractivity contribution in [1.29, 1.82) is 0 Å². The van der Waals surface area contributed by atoms with Crippen LogP contribution in [-0.2, 0) is 17.8 Å². The van der Waals surface area contributed by atoms with Crippen molar-refractivity contribution in [2.45, 2.75) is 26.4 Å². The van der Waals surface area contributed by atoms with Gasteiger partial charge in [0.15, 0.2) is 0 Å². The van der Waals surface area contributed by atoms with Crippen molar-refractivity contribution in [2.75, 3.05) is 0 Å². The van der Waals surface area contributed by atoms with E-state index in [9.17, 15) is 4.79 Å². The quantitative estimate of drug-likeness (QED) is 0.534. The van der Waals surface area contributed by atoms with Crippen molar-refractivity contribution < 1.29 is 14.3 Å². The summed E-state index contributed by atoms with van der Waals surface area (Å²) in [6.45, 7) is 2.06. The van der Waals surface area contributed by atoms with Gasteiger partial charge in [-0.15, -0.1) is 0 Å². The summed E-state index contributed by atoms with van der Waals surface area (Å²) in [4.78, 5) is 11.2. The Kier molecular flexibility index (Phi) is 6.05. The number of rotatable bonds is 8. The van der Waals surface area contributed by atoms with Gasteiger partial charge in [-0.2, -0.15) is 0 Å². The highest BCUT2D eigenvalue weighted by Gasteiger charge is 2.06. The molecule has 0 saturated heterocycles. The predicted molar refractivity (Wildman–Crippen MR) is 103 cm³/mol. The van der Waals surface area contributed by atoms with E-state index in [0.717, 1.165) is 28.4 Å². The lowest BCUT2D eigenvalue weighted by Gasteiger charge is -2.12. The molecule has 3 aromatic rings. The molecule has 0 aromatic heterocycles. The molecule has 0 amide bonds. The van der Waals surface area contributed by atoms with Crippen LogP contribution in [0, 0.1) is 0 Å². The average molecular weight is 346 g/mol. The third-order valence-corrected chi connectivity index (χ3v) is 3.99. The fourth-order valence-electron chi connectivity index (χ4n) is 2.65. The van der Waals surface area contributed by atoms with Gasteiger partial charge >= 0.3 is 0 Å². The Hall–Kier alpha value is -3.07. The van der Waals surface area contributed by atoms with Gasteiger partial charge in [-0.1, -0.05) is 48.5 Å². The van der Waals surface area contributed by atoms with Gasteiger partial charge in [0, 0.05) is 6.42 Å². The molecule has 0 aliphatic heterocycles. The van der Waals surface area contributed by atoms with Crippen LogP contribution in [0.15, 0.2) is 78.9 Å². The van der Waals surface area contributed by atoms with Crippen LogP contribution in [0.1, 0.15) is 24.5 Å². The highest BCUT2D eigenvalue weighted by atomic mass is 16.5. The van der Waals surface area contributed by atoms with Crippen molar-refractivity contribution in [3.8, 4) is 17.2 Å². The Balaban J connectivity index is 1.65. The summed E-state index contributed by atoms with van der Waals surface area (Å²) in [6.07, 6.45) is 1.23. The standard InChI is InChI=1S/C23H22O3/c1-18(24)14-15-20-9-5-6-13-23(20)25-17-19-8-7-12-22(16-19)26-21-10-3-2-4-11-21/h2-13,16H,14-15,17H2,1H3. The molecular weight excluding hydrogens is 324 g/mol. The van der Waals surface area contributed by atoms with Crippen LogP contribution in [0.25, 0.3) is 0 Å². The van der Waals surface area contributed by atoms with E-state index >= 15 is 0 Å². The molecule has 0 saturated carbocycles. The summed E-state index contributed by atoms with van der Waals surface area (Å²) in [6, 6.07) is 25.4. The van der Waals surface area contributed by atoms with Crippen LogP contribution in [0.2, 0.25) is 0 Å². The molecule has 3 rings (SSSR count). The van der Waals surface area contributed by atoms with E-state index in [4.69, 9.17) is 9.47 Å². The maximum absolute atomic E-state index is 11.2. The van der Waals surface area contributed by atoms with Crippen molar-refractivity contribution in [3.63, 3.8) is 0 Å². The first-order valence-electron chi connectivity index (χ1n) is 8.73. The number of hydrogen-bond acceptors (Lipinski definition) is 3. The maximum atomic E-state index is 11.2. The lowest BCUT2D eigenvalue weighted by atomic mass is 10.1. The molecule has 3 nitrogen and oxygen atoms in total. The van der Waals surface area contributed by atoms with E-state index in [-0.39, 0.29) is 5.78 Å². The van der Waals surface area contributed by atoms with E-state index in [1.165, 1.54) is 0 Å². The molecule has 0 heterocycles. The molecule has 0 unspecified atom stereocenters. The number of ether oxygens (including phenoxy) is 2. The molecule has 132 valence electrons. The lowest BCUT2D eigenvalue weighted by Crippen LogP contribution is -2.01. The molecule has 0 fully saturated rings. The summed E-state index contributed by atoms with van der Waals surface area (Å²) >= 11 is 0. The van der Waals surface area contributed by atoms with Crippen LogP contribution in [0.4, 0.5) is 0 Å².